The van der Waals surface area contributed by atoms with Gasteiger partial charge in [-0.15, -0.1) is 12.4 Å². The number of rotatable bonds is 3. The number of nitrogens with zero attached hydrogens (tertiary/aromatic N) is 2. The number of aromatic nitrogens is 2. The molecule has 2 heterocycles. The number of hydrogen-bond acceptors (Lipinski definition) is 4. The molecule has 1 N–H and O–H groups in total. The first-order valence-corrected chi connectivity index (χ1v) is 6.93. The lowest BCUT2D eigenvalue weighted by Gasteiger charge is -2.19. The van der Waals surface area contributed by atoms with Gasteiger partial charge in [-0.3, -0.25) is 0 Å². The van der Waals surface area contributed by atoms with Gasteiger partial charge in [0.25, 0.3) is 0 Å². The van der Waals surface area contributed by atoms with E-state index in [2.05, 4.69) is 34.5 Å². The molecule has 0 spiro atoms. The molecule has 5 heteroatoms. The lowest BCUT2D eigenvalue weighted by atomic mass is 10.0. The average molecular weight is 294 g/mol. The van der Waals surface area contributed by atoms with Crippen LogP contribution < -0.4 is 5.32 Å². The molecule has 1 fully saturated rings. The molecule has 20 heavy (non-hydrogen) atoms. The molecule has 0 aliphatic carbocycles. The molecule has 108 valence electrons. The molecule has 1 aromatic heterocycles. The Kier molecular flexibility index (Phi) is 5.15. The number of nitrogens with one attached hydrogen (secondary N) is 1. The van der Waals surface area contributed by atoms with Crippen LogP contribution in [0, 0.1) is 6.92 Å². The second-order valence-corrected chi connectivity index (χ2v) is 5.15. The van der Waals surface area contributed by atoms with E-state index in [9.17, 15) is 0 Å². The first kappa shape index (κ1) is 15.0. The highest BCUT2D eigenvalue weighted by molar-refractivity contribution is 5.85. The third-order valence-electron chi connectivity index (χ3n) is 3.70. The second-order valence-electron chi connectivity index (χ2n) is 5.15. The van der Waals surface area contributed by atoms with E-state index in [0.717, 1.165) is 31.1 Å². The first-order chi connectivity index (χ1) is 9.33. The summed E-state index contributed by atoms with van der Waals surface area (Å²) in [6.45, 7) is 3.15. The van der Waals surface area contributed by atoms with Crippen molar-refractivity contribution in [3.05, 3.63) is 47.1 Å². The van der Waals surface area contributed by atoms with Gasteiger partial charge < -0.3 is 9.84 Å². The van der Waals surface area contributed by atoms with Crippen LogP contribution in [-0.4, -0.2) is 16.7 Å². The quantitative estimate of drug-likeness (QED) is 0.944. The van der Waals surface area contributed by atoms with Crippen LogP contribution in [0.2, 0.25) is 0 Å². The molecule has 1 aliphatic heterocycles. The van der Waals surface area contributed by atoms with E-state index in [-0.39, 0.29) is 18.4 Å². The van der Waals surface area contributed by atoms with Crippen LogP contribution in [0.15, 0.2) is 28.8 Å². The summed E-state index contributed by atoms with van der Waals surface area (Å²) in [5.74, 6) is 1.51. The minimum absolute atomic E-state index is 0. The van der Waals surface area contributed by atoms with Gasteiger partial charge in [-0.05, 0) is 37.4 Å². The summed E-state index contributed by atoms with van der Waals surface area (Å²) in [5, 5.41) is 7.53. The highest BCUT2D eigenvalue weighted by Gasteiger charge is 2.20. The van der Waals surface area contributed by atoms with Gasteiger partial charge in [0, 0.05) is 6.42 Å². The Morgan fingerprint density at radius 3 is 2.90 bits per heavy atom. The molecular weight excluding hydrogens is 274 g/mol. The highest BCUT2D eigenvalue weighted by Crippen LogP contribution is 2.22. The lowest BCUT2D eigenvalue weighted by Crippen LogP contribution is -2.27. The molecule has 2 aromatic rings. The summed E-state index contributed by atoms with van der Waals surface area (Å²) >= 11 is 0. The first-order valence-electron chi connectivity index (χ1n) is 6.93. The number of hydrogen-bond donors (Lipinski definition) is 1. The van der Waals surface area contributed by atoms with Crippen LogP contribution in [0.25, 0.3) is 0 Å². The monoisotopic (exact) mass is 293 g/mol. The third-order valence-corrected chi connectivity index (χ3v) is 3.70. The standard InChI is InChI=1S/C15H19N3O.ClH/c1-11-6-2-3-7-12(11)10-14-17-15(19-18-14)13-8-4-5-9-16-13;/h2-3,6-7,13,16H,4-5,8-10H2,1H3;1H/t13-;/m0./s1. The Labute approximate surface area is 125 Å². The molecule has 0 unspecified atom stereocenters. The minimum atomic E-state index is 0. The number of piperidine rings is 1. The van der Waals surface area contributed by atoms with Gasteiger partial charge in [0.2, 0.25) is 5.89 Å². The smallest absolute Gasteiger partial charge is 0.243 e. The van der Waals surface area contributed by atoms with Crippen molar-refractivity contribution in [1.29, 1.82) is 0 Å². The largest absolute Gasteiger partial charge is 0.338 e. The fourth-order valence-corrected chi connectivity index (χ4v) is 2.52. The fourth-order valence-electron chi connectivity index (χ4n) is 2.52. The number of benzene rings is 1. The highest BCUT2D eigenvalue weighted by atomic mass is 35.5. The number of halogens is 1. The molecule has 1 saturated heterocycles. The van der Waals surface area contributed by atoms with Gasteiger partial charge in [0.15, 0.2) is 5.82 Å². The maximum absolute atomic E-state index is 5.39. The molecule has 0 radical (unpaired) electrons. The predicted molar refractivity (Wildman–Crippen MR) is 80.1 cm³/mol. The van der Waals surface area contributed by atoms with Crippen LogP contribution in [-0.2, 0) is 6.42 Å². The Bertz CT molecular complexity index is 550. The van der Waals surface area contributed by atoms with Gasteiger partial charge in [-0.2, -0.15) is 4.98 Å². The van der Waals surface area contributed by atoms with Crippen LogP contribution in [0.3, 0.4) is 0 Å². The van der Waals surface area contributed by atoms with E-state index in [0.29, 0.717) is 0 Å². The summed E-state index contributed by atoms with van der Waals surface area (Å²) in [7, 11) is 0. The molecular formula is C15H20ClN3O. The zero-order valence-corrected chi connectivity index (χ0v) is 12.4. The topological polar surface area (TPSA) is 51.0 Å². The van der Waals surface area contributed by atoms with Crippen LogP contribution in [0.4, 0.5) is 0 Å². The molecule has 1 aliphatic rings. The van der Waals surface area contributed by atoms with Gasteiger partial charge >= 0.3 is 0 Å². The minimum Gasteiger partial charge on any atom is -0.338 e. The summed E-state index contributed by atoms with van der Waals surface area (Å²) in [4.78, 5) is 4.53. The maximum Gasteiger partial charge on any atom is 0.243 e. The summed E-state index contributed by atoms with van der Waals surface area (Å²) in [6, 6.07) is 8.56. The van der Waals surface area contributed by atoms with Gasteiger partial charge in [-0.1, -0.05) is 35.8 Å². The number of aryl methyl sites for hydroxylation is 1. The van der Waals surface area contributed by atoms with Crippen molar-refractivity contribution >= 4 is 12.4 Å². The Morgan fingerprint density at radius 2 is 2.15 bits per heavy atom. The van der Waals surface area contributed by atoms with Gasteiger partial charge in [0.1, 0.15) is 0 Å². The van der Waals surface area contributed by atoms with Crippen LogP contribution in [0.1, 0.15) is 48.1 Å². The normalized spacial score (nSPS) is 18.6. The van der Waals surface area contributed by atoms with Crippen molar-refractivity contribution in [1.82, 2.24) is 15.5 Å². The molecule has 1 aromatic carbocycles. The summed E-state index contributed by atoms with van der Waals surface area (Å²) < 4.78 is 5.39. The summed E-state index contributed by atoms with van der Waals surface area (Å²) in [5.41, 5.74) is 2.52. The molecule has 0 saturated carbocycles. The van der Waals surface area contributed by atoms with Crippen LogP contribution in [0.5, 0.6) is 0 Å². The van der Waals surface area contributed by atoms with Crippen molar-refractivity contribution < 1.29 is 4.52 Å². The van der Waals surface area contributed by atoms with E-state index in [4.69, 9.17) is 4.52 Å². The van der Waals surface area contributed by atoms with Gasteiger partial charge in [0.05, 0.1) is 6.04 Å². The van der Waals surface area contributed by atoms with Crippen molar-refractivity contribution in [2.45, 2.75) is 38.6 Å². The third kappa shape index (κ3) is 3.38. The van der Waals surface area contributed by atoms with Crippen molar-refractivity contribution in [3.8, 4) is 0 Å². The predicted octanol–water partition coefficient (Wildman–Crippen LogP) is 3.21. The van der Waals surface area contributed by atoms with E-state index < -0.39 is 0 Å². The molecule has 3 rings (SSSR count). The zero-order chi connectivity index (χ0) is 13.1. The van der Waals surface area contributed by atoms with Crippen molar-refractivity contribution in [2.75, 3.05) is 6.54 Å². The van der Waals surface area contributed by atoms with Crippen LogP contribution >= 0.6 is 12.4 Å². The molecule has 0 amide bonds. The zero-order valence-electron chi connectivity index (χ0n) is 11.6. The molecule has 0 bridgehead atoms. The van der Waals surface area contributed by atoms with E-state index >= 15 is 0 Å². The van der Waals surface area contributed by atoms with E-state index in [1.54, 1.807) is 0 Å². The Balaban J connectivity index is 0.00000147. The van der Waals surface area contributed by atoms with E-state index in [1.807, 2.05) is 12.1 Å². The van der Waals surface area contributed by atoms with E-state index in [1.165, 1.54) is 24.0 Å². The Morgan fingerprint density at radius 1 is 1.30 bits per heavy atom. The maximum atomic E-state index is 5.39. The summed E-state index contributed by atoms with van der Waals surface area (Å²) in [6.07, 6.45) is 4.29. The second kappa shape index (κ2) is 6.86. The SMILES string of the molecule is Cc1ccccc1Cc1noc([C@@H]2CCCCN2)n1.Cl. The molecule has 1 atom stereocenters. The molecule has 4 nitrogen and oxygen atoms in total. The Hall–Kier alpha value is -1.39. The van der Waals surface area contributed by atoms with Gasteiger partial charge in [-0.25, -0.2) is 0 Å². The fraction of sp³-hybridized carbons (Fsp3) is 0.467. The van der Waals surface area contributed by atoms with Crippen molar-refractivity contribution in [3.63, 3.8) is 0 Å². The van der Waals surface area contributed by atoms with Crippen molar-refractivity contribution in [2.24, 2.45) is 0 Å². The lowest BCUT2D eigenvalue weighted by molar-refractivity contribution is 0.296. The average Bonchev–Trinajstić information content (AvgIpc) is 2.91.